The summed E-state index contributed by atoms with van der Waals surface area (Å²) in [7, 11) is 1.70. The lowest BCUT2D eigenvalue weighted by molar-refractivity contribution is 0.0951. The lowest BCUT2D eigenvalue weighted by Crippen LogP contribution is -2.01. The number of methoxy groups -OCH3 is 1. The summed E-state index contributed by atoms with van der Waals surface area (Å²) >= 11 is 11.9. The monoisotopic (exact) mass is 232 g/mol. The van der Waals surface area contributed by atoms with Crippen LogP contribution in [0.5, 0.6) is 0 Å². The minimum atomic E-state index is 0.0739. The fraction of sp³-hybridized carbons (Fsp3) is 0.455. The third-order valence-electron chi connectivity index (χ3n) is 2.14. The third-order valence-corrected chi connectivity index (χ3v) is 2.71. The Kier molecular flexibility index (Phi) is 4.73. The van der Waals surface area contributed by atoms with Gasteiger partial charge in [0.1, 0.15) is 0 Å². The number of hydrogen-bond donors (Lipinski definition) is 0. The highest BCUT2D eigenvalue weighted by Gasteiger charge is 2.12. The molecule has 0 spiro atoms. The molecule has 0 fully saturated rings. The first kappa shape index (κ1) is 11.8. The molecule has 1 rings (SSSR count). The predicted octanol–water partition coefficient (Wildman–Crippen LogP) is 4.48. The molecule has 3 heteroatoms. The van der Waals surface area contributed by atoms with Gasteiger partial charge >= 0.3 is 0 Å². The topological polar surface area (TPSA) is 9.23 Å². The van der Waals surface area contributed by atoms with Crippen LogP contribution < -0.4 is 0 Å². The lowest BCUT2D eigenvalue weighted by Gasteiger charge is -2.16. The number of rotatable bonds is 4. The summed E-state index contributed by atoms with van der Waals surface area (Å²) in [6.45, 7) is 2.12. The Hall–Kier alpha value is -0.240. The van der Waals surface area contributed by atoms with E-state index in [2.05, 4.69) is 6.92 Å². The molecule has 0 radical (unpaired) electrons. The first-order valence-electron chi connectivity index (χ1n) is 4.66. The van der Waals surface area contributed by atoms with Gasteiger partial charge in [-0.15, -0.1) is 0 Å². The smallest absolute Gasteiger partial charge is 0.0835 e. The standard InChI is InChI=1S/C11H14Cl2O/c1-3-4-11(14-2)9-6-5-8(12)7-10(9)13/h5-7,11H,3-4H2,1-2H3. The molecule has 0 aliphatic heterocycles. The molecule has 1 aromatic rings. The van der Waals surface area contributed by atoms with Gasteiger partial charge in [0.15, 0.2) is 0 Å². The Balaban J connectivity index is 2.92. The molecule has 0 saturated carbocycles. The van der Waals surface area contributed by atoms with Crippen LogP contribution in [0.2, 0.25) is 10.0 Å². The van der Waals surface area contributed by atoms with Crippen LogP contribution in [0.1, 0.15) is 31.4 Å². The van der Waals surface area contributed by atoms with E-state index in [0.29, 0.717) is 10.0 Å². The van der Waals surface area contributed by atoms with Crippen LogP contribution in [-0.2, 0) is 4.74 Å². The van der Waals surface area contributed by atoms with E-state index in [9.17, 15) is 0 Å². The van der Waals surface area contributed by atoms with Gasteiger partial charge in [0.05, 0.1) is 6.10 Å². The van der Waals surface area contributed by atoms with Crippen molar-refractivity contribution in [3.8, 4) is 0 Å². The summed E-state index contributed by atoms with van der Waals surface area (Å²) in [6, 6.07) is 5.51. The van der Waals surface area contributed by atoms with Gasteiger partial charge in [-0.3, -0.25) is 0 Å². The first-order chi connectivity index (χ1) is 6.69. The average Bonchev–Trinajstić information content (AvgIpc) is 2.15. The average molecular weight is 233 g/mol. The fourth-order valence-corrected chi connectivity index (χ4v) is 1.96. The van der Waals surface area contributed by atoms with E-state index < -0.39 is 0 Å². The number of ether oxygens (including phenoxy) is 1. The van der Waals surface area contributed by atoms with E-state index in [4.69, 9.17) is 27.9 Å². The van der Waals surface area contributed by atoms with Crippen LogP contribution in [0.4, 0.5) is 0 Å². The van der Waals surface area contributed by atoms with Gasteiger partial charge in [-0.05, 0) is 24.1 Å². The normalized spacial score (nSPS) is 12.9. The van der Waals surface area contributed by atoms with Crippen molar-refractivity contribution in [3.63, 3.8) is 0 Å². The van der Waals surface area contributed by atoms with Crippen LogP contribution in [0, 0.1) is 0 Å². The highest BCUT2D eigenvalue weighted by atomic mass is 35.5. The lowest BCUT2D eigenvalue weighted by atomic mass is 10.1. The van der Waals surface area contributed by atoms with E-state index >= 15 is 0 Å². The van der Waals surface area contributed by atoms with Crippen molar-refractivity contribution in [1.29, 1.82) is 0 Å². The molecular formula is C11H14Cl2O. The van der Waals surface area contributed by atoms with Crippen molar-refractivity contribution in [2.45, 2.75) is 25.9 Å². The number of benzene rings is 1. The molecule has 0 amide bonds. The number of halogens is 2. The molecule has 0 N–H and O–H groups in total. The molecular weight excluding hydrogens is 219 g/mol. The van der Waals surface area contributed by atoms with Gasteiger partial charge < -0.3 is 4.74 Å². The van der Waals surface area contributed by atoms with Crippen LogP contribution in [0.25, 0.3) is 0 Å². The molecule has 0 heterocycles. The Morgan fingerprint density at radius 3 is 2.57 bits per heavy atom. The van der Waals surface area contributed by atoms with Gasteiger partial charge in [0.2, 0.25) is 0 Å². The second-order valence-corrected chi connectivity index (χ2v) is 4.02. The summed E-state index contributed by atoms with van der Waals surface area (Å²) < 4.78 is 5.37. The number of hydrogen-bond acceptors (Lipinski definition) is 1. The van der Waals surface area contributed by atoms with Crippen LogP contribution in [-0.4, -0.2) is 7.11 Å². The van der Waals surface area contributed by atoms with Gasteiger partial charge in [0, 0.05) is 17.2 Å². The Morgan fingerprint density at radius 1 is 1.36 bits per heavy atom. The van der Waals surface area contributed by atoms with E-state index in [-0.39, 0.29) is 6.10 Å². The van der Waals surface area contributed by atoms with Crippen molar-refractivity contribution in [2.75, 3.05) is 7.11 Å². The molecule has 14 heavy (non-hydrogen) atoms. The van der Waals surface area contributed by atoms with Crippen LogP contribution >= 0.6 is 23.2 Å². The first-order valence-corrected chi connectivity index (χ1v) is 5.42. The molecule has 0 bridgehead atoms. The minimum absolute atomic E-state index is 0.0739. The zero-order chi connectivity index (χ0) is 10.6. The molecule has 78 valence electrons. The van der Waals surface area contributed by atoms with E-state index in [1.54, 1.807) is 13.2 Å². The van der Waals surface area contributed by atoms with E-state index in [1.165, 1.54) is 0 Å². The molecule has 0 aliphatic rings. The van der Waals surface area contributed by atoms with Crippen molar-refractivity contribution < 1.29 is 4.74 Å². The molecule has 1 atom stereocenters. The zero-order valence-corrected chi connectivity index (χ0v) is 9.90. The van der Waals surface area contributed by atoms with Gasteiger partial charge in [0.25, 0.3) is 0 Å². The molecule has 0 saturated heterocycles. The second-order valence-electron chi connectivity index (χ2n) is 3.18. The van der Waals surface area contributed by atoms with Crippen molar-refractivity contribution in [1.82, 2.24) is 0 Å². The molecule has 0 aliphatic carbocycles. The Bertz CT molecular complexity index is 299. The van der Waals surface area contributed by atoms with Gasteiger partial charge in [-0.1, -0.05) is 42.6 Å². The Labute approximate surface area is 95.0 Å². The van der Waals surface area contributed by atoms with Crippen LogP contribution in [0.15, 0.2) is 18.2 Å². The molecule has 1 aromatic carbocycles. The quantitative estimate of drug-likeness (QED) is 0.744. The summed E-state index contributed by atoms with van der Waals surface area (Å²) in [6.07, 6.45) is 2.11. The highest BCUT2D eigenvalue weighted by molar-refractivity contribution is 6.35. The van der Waals surface area contributed by atoms with E-state index in [1.807, 2.05) is 12.1 Å². The van der Waals surface area contributed by atoms with Crippen LogP contribution in [0.3, 0.4) is 0 Å². The summed E-state index contributed by atoms with van der Waals surface area (Å²) in [5.41, 5.74) is 1.01. The largest absolute Gasteiger partial charge is 0.377 e. The van der Waals surface area contributed by atoms with Crippen molar-refractivity contribution in [3.05, 3.63) is 33.8 Å². The Morgan fingerprint density at radius 2 is 2.07 bits per heavy atom. The highest BCUT2D eigenvalue weighted by Crippen LogP contribution is 2.30. The maximum Gasteiger partial charge on any atom is 0.0835 e. The zero-order valence-electron chi connectivity index (χ0n) is 8.39. The predicted molar refractivity (Wildman–Crippen MR) is 61.1 cm³/mol. The maximum absolute atomic E-state index is 6.07. The fourth-order valence-electron chi connectivity index (χ4n) is 1.43. The maximum atomic E-state index is 6.07. The molecule has 1 unspecified atom stereocenters. The van der Waals surface area contributed by atoms with Gasteiger partial charge in [-0.2, -0.15) is 0 Å². The summed E-state index contributed by atoms with van der Waals surface area (Å²) in [5.74, 6) is 0. The van der Waals surface area contributed by atoms with Crippen molar-refractivity contribution >= 4 is 23.2 Å². The summed E-state index contributed by atoms with van der Waals surface area (Å²) in [4.78, 5) is 0. The minimum Gasteiger partial charge on any atom is -0.377 e. The van der Waals surface area contributed by atoms with E-state index in [0.717, 1.165) is 18.4 Å². The summed E-state index contributed by atoms with van der Waals surface area (Å²) in [5, 5.41) is 1.34. The SMILES string of the molecule is CCCC(OC)c1ccc(Cl)cc1Cl. The molecule has 1 nitrogen and oxygen atoms in total. The van der Waals surface area contributed by atoms with Crippen molar-refractivity contribution in [2.24, 2.45) is 0 Å². The third kappa shape index (κ3) is 2.88. The molecule has 0 aromatic heterocycles. The second kappa shape index (κ2) is 5.59. The van der Waals surface area contributed by atoms with Gasteiger partial charge in [-0.25, -0.2) is 0 Å².